The van der Waals surface area contributed by atoms with Crippen molar-refractivity contribution in [2.75, 3.05) is 7.05 Å². The van der Waals surface area contributed by atoms with Crippen molar-refractivity contribution in [2.45, 2.75) is 0 Å². The number of nitrogens with zero attached hydrogens (tertiary/aromatic N) is 3. The van der Waals surface area contributed by atoms with Gasteiger partial charge in [-0.15, -0.1) is 0 Å². The van der Waals surface area contributed by atoms with Crippen LogP contribution in [0.4, 0.5) is 0 Å². The molecule has 2 aromatic heterocycles. The van der Waals surface area contributed by atoms with Crippen molar-refractivity contribution in [3.05, 3.63) is 42.0 Å². The Morgan fingerprint density at radius 3 is 2.89 bits per heavy atom. The van der Waals surface area contributed by atoms with Gasteiger partial charge in [-0.1, -0.05) is 12.2 Å². The van der Waals surface area contributed by atoms with E-state index in [1.165, 1.54) is 0 Å². The highest BCUT2D eigenvalue weighted by Crippen LogP contribution is 2.08. The van der Waals surface area contributed by atoms with Crippen LogP contribution in [0.15, 0.2) is 30.6 Å². The third-order valence-electron chi connectivity index (χ3n) is 2.31. The standard InChI is InChI=1S/C11H11N5OS/c1-13-11(17)8-3-5-16(15-8)7-2-4-14-9(6-7)10(12)18/h2-6H,1H3,(H2,12,18)(H,13,17). The minimum absolute atomic E-state index is 0.218. The Kier molecular flexibility index (Phi) is 3.33. The molecule has 3 N–H and O–H groups in total. The average Bonchev–Trinajstić information content (AvgIpc) is 2.87. The quantitative estimate of drug-likeness (QED) is 0.774. The minimum atomic E-state index is -0.239. The lowest BCUT2D eigenvalue weighted by Crippen LogP contribution is -2.18. The Hall–Kier alpha value is -2.28. The molecule has 2 heterocycles. The third kappa shape index (κ3) is 2.35. The van der Waals surface area contributed by atoms with Crippen LogP contribution in [0.1, 0.15) is 16.2 Å². The SMILES string of the molecule is CNC(=O)c1ccn(-c2ccnc(C(N)=S)c2)n1. The molecule has 7 heteroatoms. The fourth-order valence-electron chi connectivity index (χ4n) is 1.41. The van der Waals surface area contributed by atoms with Gasteiger partial charge in [-0.05, 0) is 18.2 Å². The van der Waals surface area contributed by atoms with E-state index in [0.717, 1.165) is 5.69 Å². The highest BCUT2D eigenvalue weighted by molar-refractivity contribution is 7.80. The number of pyridine rings is 1. The zero-order chi connectivity index (χ0) is 13.1. The Balaban J connectivity index is 2.37. The first kappa shape index (κ1) is 12.2. The number of hydrogen-bond acceptors (Lipinski definition) is 4. The summed E-state index contributed by atoms with van der Waals surface area (Å²) in [6, 6.07) is 5.09. The summed E-state index contributed by atoms with van der Waals surface area (Å²) in [7, 11) is 1.55. The lowest BCUT2D eigenvalue weighted by Gasteiger charge is -2.03. The second-order valence-electron chi connectivity index (χ2n) is 3.49. The largest absolute Gasteiger partial charge is 0.388 e. The molecule has 0 bridgehead atoms. The smallest absolute Gasteiger partial charge is 0.271 e. The molecular formula is C11H11N5OS. The van der Waals surface area contributed by atoms with E-state index in [-0.39, 0.29) is 10.9 Å². The van der Waals surface area contributed by atoms with Crippen molar-refractivity contribution in [3.8, 4) is 5.69 Å². The van der Waals surface area contributed by atoms with Gasteiger partial charge in [0.05, 0.1) is 11.4 Å². The molecule has 0 radical (unpaired) electrons. The molecule has 0 unspecified atom stereocenters. The summed E-state index contributed by atoms with van der Waals surface area (Å²) < 4.78 is 1.56. The molecule has 1 amide bonds. The van der Waals surface area contributed by atoms with E-state index in [1.54, 1.807) is 42.3 Å². The molecule has 0 spiro atoms. The fourth-order valence-corrected chi connectivity index (χ4v) is 1.53. The van der Waals surface area contributed by atoms with Crippen molar-refractivity contribution in [3.63, 3.8) is 0 Å². The number of amides is 1. The summed E-state index contributed by atoms with van der Waals surface area (Å²) in [5.41, 5.74) is 7.10. The van der Waals surface area contributed by atoms with Crippen molar-refractivity contribution >= 4 is 23.1 Å². The van der Waals surface area contributed by atoms with Gasteiger partial charge in [0, 0.05) is 19.4 Å². The van der Waals surface area contributed by atoms with Gasteiger partial charge >= 0.3 is 0 Å². The second-order valence-corrected chi connectivity index (χ2v) is 3.93. The highest BCUT2D eigenvalue weighted by atomic mass is 32.1. The van der Waals surface area contributed by atoms with Crippen LogP contribution in [-0.4, -0.2) is 32.7 Å². The summed E-state index contributed by atoms with van der Waals surface area (Å²) in [6.07, 6.45) is 3.27. The minimum Gasteiger partial charge on any atom is -0.388 e. The molecule has 0 fully saturated rings. The molecular weight excluding hydrogens is 250 g/mol. The van der Waals surface area contributed by atoms with Gasteiger partial charge in [-0.2, -0.15) is 5.10 Å². The zero-order valence-electron chi connectivity index (χ0n) is 9.62. The van der Waals surface area contributed by atoms with Crippen molar-refractivity contribution in [2.24, 2.45) is 5.73 Å². The van der Waals surface area contributed by atoms with Gasteiger partial charge in [0.2, 0.25) is 0 Å². The first-order chi connectivity index (χ1) is 8.61. The maximum absolute atomic E-state index is 11.4. The number of aromatic nitrogens is 3. The fraction of sp³-hybridized carbons (Fsp3) is 0.0909. The van der Waals surface area contributed by atoms with Crippen LogP contribution in [0, 0.1) is 0 Å². The molecule has 0 atom stereocenters. The molecule has 0 saturated heterocycles. The Morgan fingerprint density at radius 2 is 2.22 bits per heavy atom. The van der Waals surface area contributed by atoms with Crippen molar-refractivity contribution in [1.82, 2.24) is 20.1 Å². The van der Waals surface area contributed by atoms with Gasteiger partial charge in [0.25, 0.3) is 5.91 Å². The summed E-state index contributed by atoms with van der Waals surface area (Å²) in [5, 5.41) is 6.65. The zero-order valence-corrected chi connectivity index (χ0v) is 10.4. The van der Waals surface area contributed by atoms with E-state index in [4.69, 9.17) is 18.0 Å². The Labute approximate surface area is 109 Å². The van der Waals surface area contributed by atoms with Crippen LogP contribution >= 0.6 is 12.2 Å². The van der Waals surface area contributed by atoms with Crippen LogP contribution in [0.25, 0.3) is 5.69 Å². The van der Waals surface area contributed by atoms with Crippen LogP contribution in [0.2, 0.25) is 0 Å². The third-order valence-corrected chi connectivity index (χ3v) is 2.52. The van der Waals surface area contributed by atoms with Gasteiger partial charge in [0.1, 0.15) is 4.99 Å². The van der Waals surface area contributed by atoms with E-state index in [2.05, 4.69) is 15.4 Å². The summed E-state index contributed by atoms with van der Waals surface area (Å²) in [4.78, 5) is 15.6. The normalized spacial score (nSPS) is 10.1. The lowest BCUT2D eigenvalue weighted by atomic mass is 10.3. The number of rotatable bonds is 3. The maximum Gasteiger partial charge on any atom is 0.271 e. The highest BCUT2D eigenvalue weighted by Gasteiger charge is 2.08. The van der Waals surface area contributed by atoms with Gasteiger partial charge in [-0.3, -0.25) is 9.78 Å². The van der Waals surface area contributed by atoms with E-state index in [1.807, 2.05) is 0 Å². The number of nitrogens with two attached hydrogens (primary N) is 1. The molecule has 0 aliphatic heterocycles. The predicted molar refractivity (Wildman–Crippen MR) is 70.6 cm³/mol. The molecule has 18 heavy (non-hydrogen) atoms. The topological polar surface area (TPSA) is 85.8 Å². The van der Waals surface area contributed by atoms with Crippen LogP contribution in [0.5, 0.6) is 0 Å². The first-order valence-electron chi connectivity index (χ1n) is 5.16. The van der Waals surface area contributed by atoms with Gasteiger partial charge in [0.15, 0.2) is 5.69 Å². The van der Waals surface area contributed by atoms with Crippen molar-refractivity contribution < 1.29 is 4.79 Å². The molecule has 0 saturated carbocycles. The van der Waals surface area contributed by atoms with E-state index < -0.39 is 0 Å². The van der Waals surface area contributed by atoms with E-state index >= 15 is 0 Å². The number of thiocarbonyl (C=S) groups is 1. The van der Waals surface area contributed by atoms with Gasteiger partial charge in [-0.25, -0.2) is 4.68 Å². The summed E-state index contributed by atoms with van der Waals surface area (Å²) in [5.74, 6) is -0.239. The maximum atomic E-state index is 11.4. The lowest BCUT2D eigenvalue weighted by molar-refractivity contribution is 0.0958. The van der Waals surface area contributed by atoms with Crippen LogP contribution < -0.4 is 11.1 Å². The summed E-state index contributed by atoms with van der Waals surface area (Å²) >= 11 is 4.86. The number of hydrogen-bond donors (Lipinski definition) is 2. The molecule has 0 aliphatic carbocycles. The number of carbonyl (C=O) groups is 1. The molecule has 2 aromatic rings. The Bertz CT molecular complexity index is 607. The molecule has 0 aromatic carbocycles. The predicted octanol–water partition coefficient (Wildman–Crippen LogP) is 0.261. The number of carbonyl (C=O) groups excluding carboxylic acids is 1. The first-order valence-corrected chi connectivity index (χ1v) is 5.56. The second kappa shape index (κ2) is 4.92. The molecule has 0 aliphatic rings. The average molecular weight is 261 g/mol. The summed E-state index contributed by atoms with van der Waals surface area (Å²) in [6.45, 7) is 0. The monoisotopic (exact) mass is 261 g/mol. The van der Waals surface area contributed by atoms with Crippen molar-refractivity contribution in [1.29, 1.82) is 0 Å². The number of nitrogens with one attached hydrogen (secondary N) is 1. The molecule has 2 rings (SSSR count). The van der Waals surface area contributed by atoms with E-state index in [9.17, 15) is 4.79 Å². The van der Waals surface area contributed by atoms with Crippen LogP contribution in [-0.2, 0) is 0 Å². The van der Waals surface area contributed by atoms with Crippen LogP contribution in [0.3, 0.4) is 0 Å². The molecule has 6 nitrogen and oxygen atoms in total. The van der Waals surface area contributed by atoms with Gasteiger partial charge < -0.3 is 11.1 Å². The molecule has 92 valence electrons. The van der Waals surface area contributed by atoms with E-state index in [0.29, 0.717) is 11.4 Å². The Morgan fingerprint density at radius 1 is 1.44 bits per heavy atom.